The molecule has 0 unspecified atom stereocenters. The molecule has 191 valence electrons. The second kappa shape index (κ2) is 11.7. The zero-order chi connectivity index (χ0) is 30.9. The quantitative estimate of drug-likeness (QED) is 0.134. The van der Waals surface area contributed by atoms with E-state index in [0.29, 0.717) is 11.3 Å². The molecule has 0 bridgehead atoms. The Bertz CT molecular complexity index is 2020. The molecule has 0 aliphatic carbocycles. The number of hydrogen-bond acceptors (Lipinski definition) is 2. The third-order valence-corrected chi connectivity index (χ3v) is 6.51. The van der Waals surface area contributed by atoms with Gasteiger partial charge >= 0.3 is 0 Å². The molecule has 0 spiro atoms. The van der Waals surface area contributed by atoms with Crippen molar-refractivity contribution in [2.75, 3.05) is 0 Å². The first kappa shape index (κ1) is 19.8. The van der Waals surface area contributed by atoms with Gasteiger partial charge in [0.1, 0.15) is 0 Å². The molecule has 39 heavy (non-hydrogen) atoms. The molecule has 1 radical (unpaired) electrons. The van der Waals surface area contributed by atoms with Crippen LogP contribution >= 0.6 is 0 Å². The van der Waals surface area contributed by atoms with Crippen molar-refractivity contribution < 1.29 is 28.3 Å². The number of hydrogen-bond donors (Lipinski definition) is 0. The second-order valence-corrected chi connectivity index (χ2v) is 8.87. The van der Waals surface area contributed by atoms with Crippen molar-refractivity contribution in [2.24, 2.45) is 0 Å². The molecule has 0 atom stereocenters. The Kier molecular flexibility index (Phi) is 5.95. The second-order valence-electron chi connectivity index (χ2n) is 8.87. The van der Waals surface area contributed by atoms with Crippen molar-refractivity contribution in [3.05, 3.63) is 145 Å². The van der Waals surface area contributed by atoms with Gasteiger partial charge in [0.05, 0.1) is 0 Å². The molecular weight excluding hydrogens is 653 g/mol. The largest absolute Gasteiger partial charge is 0.305 e. The van der Waals surface area contributed by atoms with Gasteiger partial charge in [0.25, 0.3) is 0 Å². The number of rotatable bonds is 2. The van der Waals surface area contributed by atoms with Gasteiger partial charge in [-0.05, 0) is 52.9 Å². The van der Waals surface area contributed by atoms with E-state index in [-0.39, 0.29) is 31.2 Å². The zero-order valence-corrected chi connectivity index (χ0v) is 23.2. The van der Waals surface area contributed by atoms with Crippen LogP contribution in [-0.4, -0.2) is 9.97 Å². The van der Waals surface area contributed by atoms with E-state index in [4.69, 9.17) is 8.22 Å². The minimum Gasteiger partial charge on any atom is -0.305 e. The van der Waals surface area contributed by atoms with E-state index in [2.05, 4.69) is 46.4 Å². The molecule has 0 fully saturated rings. The predicted molar refractivity (Wildman–Crippen MR) is 159 cm³/mol. The van der Waals surface area contributed by atoms with Crippen molar-refractivity contribution in [2.45, 2.75) is 13.7 Å². The van der Waals surface area contributed by atoms with E-state index < -0.39 is 13.7 Å². The number of benzene rings is 5. The number of fused-ring (bicyclic) bond motifs is 6. The molecule has 5 aromatic carbocycles. The topological polar surface area (TPSA) is 25.8 Å². The average molecular weight is 685 g/mol. The first-order chi connectivity index (χ1) is 21.1. The Hall–Kier alpha value is -4.17. The Morgan fingerprint density at radius 2 is 1.23 bits per heavy atom. The number of aryl methyl sites for hydroxylation is 2. The van der Waals surface area contributed by atoms with Gasteiger partial charge in [0.15, 0.2) is 0 Å². The average Bonchev–Trinajstić information content (AvgIpc) is 3.05. The Morgan fingerprint density at radius 3 is 1.87 bits per heavy atom. The molecule has 2 nitrogen and oxygen atoms in total. The van der Waals surface area contributed by atoms with Crippen LogP contribution in [0.5, 0.6) is 0 Å². The Labute approximate surface area is 251 Å². The van der Waals surface area contributed by atoms with Crippen molar-refractivity contribution in [1.82, 2.24) is 9.97 Å². The standard InChI is InChI=1S/C25H18N.C11H8N.Ir/c1-16-13-25(26-15-17(16)2)18-11-12-23-21-9-4-3-7-19(21)20-8-5-6-10-22(20)24(23)14-18;1-2-6-10(7-3-1)11-8-4-5-9-12-11;/h3-10,12-15H,1-2H3;1-6,8-9H;/q2*-1;/i1D3,2D3;;. The molecule has 0 N–H and O–H groups in total. The van der Waals surface area contributed by atoms with Crippen molar-refractivity contribution in [1.29, 1.82) is 0 Å². The Balaban J connectivity index is 0.000000258. The van der Waals surface area contributed by atoms with Crippen LogP contribution in [0, 0.1) is 25.8 Å². The van der Waals surface area contributed by atoms with Crippen LogP contribution in [0.2, 0.25) is 0 Å². The van der Waals surface area contributed by atoms with Gasteiger partial charge in [0, 0.05) is 40.7 Å². The maximum Gasteiger partial charge on any atom is 0.0280 e. The summed E-state index contributed by atoms with van der Waals surface area (Å²) >= 11 is 0. The van der Waals surface area contributed by atoms with E-state index >= 15 is 0 Å². The molecule has 0 saturated heterocycles. The molecule has 2 aromatic heterocycles. The summed E-state index contributed by atoms with van der Waals surface area (Å²) in [4.78, 5) is 8.52. The first-order valence-electron chi connectivity index (χ1n) is 15.3. The maximum absolute atomic E-state index is 7.83. The third-order valence-electron chi connectivity index (χ3n) is 6.51. The van der Waals surface area contributed by atoms with E-state index in [1.165, 1.54) is 6.07 Å². The van der Waals surface area contributed by atoms with Crippen LogP contribution in [0.3, 0.4) is 0 Å². The fourth-order valence-electron chi connectivity index (χ4n) is 4.67. The summed E-state index contributed by atoms with van der Waals surface area (Å²) in [5.41, 5.74) is 2.54. The van der Waals surface area contributed by atoms with Crippen molar-refractivity contribution in [3.63, 3.8) is 0 Å². The molecule has 0 saturated carbocycles. The molecule has 0 aliphatic heterocycles. The zero-order valence-electron chi connectivity index (χ0n) is 26.8. The van der Waals surface area contributed by atoms with Crippen LogP contribution in [-0.2, 0) is 20.1 Å². The van der Waals surface area contributed by atoms with Gasteiger partial charge in [-0.3, -0.25) is 0 Å². The van der Waals surface area contributed by atoms with E-state index in [1.807, 2.05) is 78.9 Å². The van der Waals surface area contributed by atoms with Gasteiger partial charge in [0.2, 0.25) is 0 Å². The van der Waals surface area contributed by atoms with Gasteiger partial charge in [-0.15, -0.1) is 59.7 Å². The van der Waals surface area contributed by atoms with E-state index in [9.17, 15) is 0 Å². The summed E-state index contributed by atoms with van der Waals surface area (Å²) in [5, 5.41) is 6.51. The van der Waals surface area contributed by atoms with Crippen LogP contribution in [0.15, 0.2) is 122 Å². The van der Waals surface area contributed by atoms with Gasteiger partial charge in [-0.1, -0.05) is 88.5 Å². The summed E-state index contributed by atoms with van der Waals surface area (Å²) < 4.78 is 46.5. The Morgan fingerprint density at radius 1 is 0.564 bits per heavy atom. The number of aromatic nitrogens is 2. The van der Waals surface area contributed by atoms with Gasteiger partial charge in [-0.25, -0.2) is 0 Å². The van der Waals surface area contributed by atoms with E-state index in [0.717, 1.165) is 49.8 Å². The summed E-state index contributed by atoms with van der Waals surface area (Å²) in [6.07, 6.45) is 2.94. The van der Waals surface area contributed by atoms with Crippen molar-refractivity contribution in [3.8, 4) is 22.5 Å². The third kappa shape index (κ3) is 5.38. The van der Waals surface area contributed by atoms with Crippen LogP contribution in [0.25, 0.3) is 54.8 Å². The minimum absolute atomic E-state index is 0. The molecular formula is C36H26IrN2-2. The number of pyridine rings is 2. The van der Waals surface area contributed by atoms with Crippen molar-refractivity contribution >= 4 is 32.3 Å². The fourth-order valence-corrected chi connectivity index (χ4v) is 4.67. The van der Waals surface area contributed by atoms with Gasteiger partial charge < -0.3 is 9.97 Å². The molecule has 0 aliphatic rings. The van der Waals surface area contributed by atoms with Gasteiger partial charge in [-0.2, -0.15) is 0 Å². The maximum atomic E-state index is 7.83. The monoisotopic (exact) mass is 685 g/mol. The van der Waals surface area contributed by atoms with Crippen LogP contribution < -0.4 is 0 Å². The molecule has 7 aromatic rings. The molecule has 3 heteroatoms. The number of nitrogens with zero attached hydrogens (tertiary/aromatic N) is 2. The molecule has 7 rings (SSSR count). The summed E-state index contributed by atoms with van der Waals surface area (Å²) in [7, 11) is 0. The SMILES string of the molecule is [2H]C([2H])([2H])c1cnc(-c2[c-]cc3c4ccccc4c4ccccc4c3c2)cc1C([2H])([2H])[2H].[Ir].[c-]1ccccc1-c1ccccn1. The van der Waals surface area contributed by atoms with Crippen LogP contribution in [0.1, 0.15) is 19.4 Å². The first-order valence-corrected chi connectivity index (χ1v) is 12.3. The molecule has 0 amide bonds. The minimum atomic E-state index is -2.57. The molecule has 2 heterocycles. The smallest absolute Gasteiger partial charge is 0.0280 e. The normalized spacial score (nSPS) is 13.5. The predicted octanol–water partition coefficient (Wildman–Crippen LogP) is 9.17. The summed E-state index contributed by atoms with van der Waals surface area (Å²) in [5.74, 6) is 0. The van der Waals surface area contributed by atoms with Crippen LogP contribution in [0.4, 0.5) is 0 Å². The summed E-state index contributed by atoms with van der Waals surface area (Å²) in [6, 6.07) is 41.6. The summed E-state index contributed by atoms with van der Waals surface area (Å²) in [6.45, 7) is -5.13. The van der Waals surface area contributed by atoms with E-state index in [1.54, 1.807) is 6.20 Å². The fraction of sp³-hybridized carbons (Fsp3) is 0.0556.